The topological polar surface area (TPSA) is 38.9 Å². The highest BCUT2D eigenvalue weighted by atomic mass is 79.9. The molecule has 1 aromatic rings. The number of aromatic nitrogens is 1. The molecule has 1 heterocycles. The fourth-order valence-corrected chi connectivity index (χ4v) is 1.10. The molecule has 58 valence electrons. The lowest BCUT2D eigenvalue weighted by atomic mass is 10.2. The van der Waals surface area contributed by atoms with Crippen LogP contribution in [0.4, 0.5) is 0 Å². The van der Waals surface area contributed by atoms with Gasteiger partial charge in [0.05, 0.1) is 0 Å². The minimum atomic E-state index is 0.564. The van der Waals surface area contributed by atoms with Gasteiger partial charge in [-0.25, -0.2) is 0 Å². The van der Waals surface area contributed by atoms with E-state index in [2.05, 4.69) is 20.9 Å². The van der Waals surface area contributed by atoms with E-state index in [0.717, 1.165) is 10.0 Å². The monoisotopic (exact) mass is 212 g/mol. The lowest BCUT2D eigenvalue weighted by Crippen LogP contribution is -1.92. The summed E-state index contributed by atoms with van der Waals surface area (Å²) >= 11 is 3.37. The summed E-state index contributed by atoms with van der Waals surface area (Å²) < 4.78 is 0.990. The van der Waals surface area contributed by atoms with Crippen LogP contribution >= 0.6 is 15.9 Å². The van der Waals surface area contributed by atoms with E-state index in [0.29, 0.717) is 6.54 Å². The third-order valence-electron chi connectivity index (χ3n) is 1.24. The Morgan fingerprint density at radius 3 is 3.09 bits per heavy atom. The number of hydrogen-bond donors (Lipinski definition) is 1. The number of pyridine rings is 1. The molecule has 1 aromatic heterocycles. The number of nitrogens with zero attached hydrogens (tertiary/aromatic N) is 1. The van der Waals surface area contributed by atoms with Crippen molar-refractivity contribution in [2.75, 3.05) is 6.54 Å². The molecule has 0 fully saturated rings. The summed E-state index contributed by atoms with van der Waals surface area (Å²) in [7, 11) is 0. The second-order valence-electron chi connectivity index (χ2n) is 2.04. The van der Waals surface area contributed by atoms with E-state index < -0.39 is 0 Å². The van der Waals surface area contributed by atoms with Crippen molar-refractivity contribution in [1.29, 1.82) is 0 Å². The first-order valence-electron chi connectivity index (χ1n) is 3.30. The van der Waals surface area contributed by atoms with Gasteiger partial charge >= 0.3 is 0 Å². The molecule has 0 saturated heterocycles. The summed E-state index contributed by atoms with van der Waals surface area (Å²) in [6, 6.07) is 1.93. The van der Waals surface area contributed by atoms with Gasteiger partial charge < -0.3 is 5.73 Å². The Hall–Kier alpha value is -0.670. The molecule has 0 bridgehead atoms. The van der Waals surface area contributed by atoms with Crippen molar-refractivity contribution < 1.29 is 0 Å². The van der Waals surface area contributed by atoms with E-state index in [1.165, 1.54) is 0 Å². The lowest BCUT2D eigenvalue weighted by molar-refractivity contribution is 1.26. The van der Waals surface area contributed by atoms with Crippen LogP contribution in [0.1, 0.15) is 5.56 Å². The molecule has 0 atom stereocenters. The van der Waals surface area contributed by atoms with Crippen LogP contribution in [0.25, 0.3) is 6.08 Å². The molecule has 0 aliphatic heterocycles. The number of rotatable bonds is 2. The van der Waals surface area contributed by atoms with Crippen LogP contribution in [0.3, 0.4) is 0 Å². The zero-order valence-electron chi connectivity index (χ0n) is 6.00. The third-order valence-corrected chi connectivity index (χ3v) is 1.90. The van der Waals surface area contributed by atoms with Crippen molar-refractivity contribution in [3.05, 3.63) is 34.6 Å². The summed E-state index contributed by atoms with van der Waals surface area (Å²) in [6.07, 6.45) is 7.38. The molecule has 0 aromatic carbocycles. The van der Waals surface area contributed by atoms with Crippen molar-refractivity contribution in [3.8, 4) is 0 Å². The van der Waals surface area contributed by atoms with E-state index >= 15 is 0 Å². The molecule has 0 amide bonds. The summed E-state index contributed by atoms with van der Waals surface area (Å²) in [5.41, 5.74) is 6.41. The predicted octanol–water partition coefficient (Wildman–Crippen LogP) is 1.82. The van der Waals surface area contributed by atoms with Crippen molar-refractivity contribution in [1.82, 2.24) is 4.98 Å². The van der Waals surface area contributed by atoms with Gasteiger partial charge in [0.15, 0.2) is 0 Å². The first kappa shape index (κ1) is 8.43. The standard InChI is InChI=1S/C8H9BrN2/c9-8-6-11-5-3-7(8)2-1-4-10/h1-3,5-6H,4,10H2. The molecule has 2 nitrogen and oxygen atoms in total. The molecule has 0 unspecified atom stereocenters. The van der Waals surface area contributed by atoms with Crippen LogP contribution < -0.4 is 5.73 Å². The van der Waals surface area contributed by atoms with Gasteiger partial charge in [0.25, 0.3) is 0 Å². The SMILES string of the molecule is NCC=Cc1ccncc1Br. The highest BCUT2D eigenvalue weighted by Gasteiger charge is 1.91. The van der Waals surface area contributed by atoms with Gasteiger partial charge in [0, 0.05) is 23.4 Å². The summed E-state index contributed by atoms with van der Waals surface area (Å²) in [4.78, 5) is 3.94. The molecule has 0 radical (unpaired) electrons. The maximum Gasteiger partial charge on any atom is 0.0431 e. The van der Waals surface area contributed by atoms with Crippen LogP contribution in [0.2, 0.25) is 0 Å². The largest absolute Gasteiger partial charge is 0.327 e. The number of hydrogen-bond acceptors (Lipinski definition) is 2. The van der Waals surface area contributed by atoms with Crippen LogP contribution in [0, 0.1) is 0 Å². The molecule has 0 aliphatic carbocycles. The van der Waals surface area contributed by atoms with Gasteiger partial charge in [-0.15, -0.1) is 0 Å². The highest BCUT2D eigenvalue weighted by molar-refractivity contribution is 9.10. The maximum absolute atomic E-state index is 5.31. The molecule has 2 N–H and O–H groups in total. The normalized spacial score (nSPS) is 10.7. The van der Waals surface area contributed by atoms with Crippen LogP contribution in [0.15, 0.2) is 29.0 Å². The smallest absolute Gasteiger partial charge is 0.0431 e. The zero-order valence-corrected chi connectivity index (χ0v) is 7.58. The molecule has 0 spiro atoms. The van der Waals surface area contributed by atoms with Crippen LogP contribution in [-0.4, -0.2) is 11.5 Å². The van der Waals surface area contributed by atoms with Gasteiger partial charge in [-0.2, -0.15) is 0 Å². The van der Waals surface area contributed by atoms with Gasteiger partial charge in [0.2, 0.25) is 0 Å². The van der Waals surface area contributed by atoms with E-state index in [1.54, 1.807) is 12.4 Å². The fraction of sp³-hybridized carbons (Fsp3) is 0.125. The van der Waals surface area contributed by atoms with E-state index in [-0.39, 0.29) is 0 Å². The van der Waals surface area contributed by atoms with Crippen LogP contribution in [0.5, 0.6) is 0 Å². The Balaban J connectivity index is 2.86. The second kappa shape index (κ2) is 4.26. The van der Waals surface area contributed by atoms with Crippen molar-refractivity contribution in [3.63, 3.8) is 0 Å². The molecule has 0 aliphatic rings. The average molecular weight is 213 g/mol. The van der Waals surface area contributed by atoms with Gasteiger partial charge in [0.1, 0.15) is 0 Å². The Labute approximate surface area is 74.3 Å². The number of halogens is 1. The minimum Gasteiger partial charge on any atom is -0.327 e. The van der Waals surface area contributed by atoms with E-state index in [1.807, 2.05) is 18.2 Å². The Kier molecular flexibility index (Phi) is 3.26. The predicted molar refractivity (Wildman–Crippen MR) is 50.0 cm³/mol. The van der Waals surface area contributed by atoms with Crippen molar-refractivity contribution >= 4 is 22.0 Å². The molecular formula is C8H9BrN2. The molecule has 3 heteroatoms. The Morgan fingerprint density at radius 1 is 1.64 bits per heavy atom. The molecule has 0 saturated carbocycles. The highest BCUT2D eigenvalue weighted by Crippen LogP contribution is 2.15. The zero-order chi connectivity index (χ0) is 8.10. The van der Waals surface area contributed by atoms with Crippen molar-refractivity contribution in [2.45, 2.75) is 0 Å². The lowest BCUT2D eigenvalue weighted by Gasteiger charge is -1.94. The summed E-state index contributed by atoms with van der Waals surface area (Å²) in [6.45, 7) is 0.564. The van der Waals surface area contributed by atoms with Crippen molar-refractivity contribution in [2.24, 2.45) is 5.73 Å². The van der Waals surface area contributed by atoms with E-state index in [4.69, 9.17) is 5.73 Å². The number of nitrogens with two attached hydrogens (primary N) is 1. The van der Waals surface area contributed by atoms with Gasteiger partial charge in [-0.3, -0.25) is 4.98 Å². The Morgan fingerprint density at radius 2 is 2.45 bits per heavy atom. The molecule has 1 rings (SSSR count). The second-order valence-corrected chi connectivity index (χ2v) is 2.89. The minimum absolute atomic E-state index is 0.564. The van der Waals surface area contributed by atoms with Crippen LogP contribution in [-0.2, 0) is 0 Å². The molecule has 11 heavy (non-hydrogen) atoms. The van der Waals surface area contributed by atoms with Gasteiger partial charge in [-0.1, -0.05) is 12.2 Å². The first-order chi connectivity index (χ1) is 5.34. The fourth-order valence-electron chi connectivity index (χ4n) is 0.716. The third kappa shape index (κ3) is 2.44. The summed E-state index contributed by atoms with van der Waals surface area (Å²) in [5.74, 6) is 0. The average Bonchev–Trinajstić information content (AvgIpc) is 2.03. The maximum atomic E-state index is 5.31. The Bertz CT molecular complexity index is 258. The summed E-state index contributed by atoms with van der Waals surface area (Å²) in [5, 5.41) is 0. The van der Waals surface area contributed by atoms with E-state index in [9.17, 15) is 0 Å². The molecular weight excluding hydrogens is 204 g/mol. The first-order valence-corrected chi connectivity index (χ1v) is 4.10. The quantitative estimate of drug-likeness (QED) is 0.813. The van der Waals surface area contributed by atoms with Gasteiger partial charge in [-0.05, 0) is 27.6 Å².